The molecule has 5 N–H and O–H groups in total. The molecule has 0 fully saturated rings. The van der Waals surface area contributed by atoms with Crippen molar-refractivity contribution in [2.75, 3.05) is 17.7 Å². The highest BCUT2D eigenvalue weighted by Gasteiger charge is 2.23. The Bertz CT molecular complexity index is 1630. The van der Waals surface area contributed by atoms with E-state index in [0.717, 1.165) is 38.8 Å². The zero-order chi connectivity index (χ0) is 28.8. The number of nitrogen functional groups attached to an aromatic ring is 1. The Labute approximate surface area is 239 Å². The van der Waals surface area contributed by atoms with Crippen molar-refractivity contribution in [2.45, 2.75) is 39.5 Å². The molecule has 0 saturated carbocycles. The van der Waals surface area contributed by atoms with Gasteiger partial charge in [0.25, 0.3) is 0 Å². The molecule has 0 aliphatic rings. The van der Waals surface area contributed by atoms with Crippen molar-refractivity contribution in [1.82, 2.24) is 20.3 Å². The van der Waals surface area contributed by atoms with Gasteiger partial charge in [-0.1, -0.05) is 24.3 Å². The topological polar surface area (TPSA) is 127 Å². The lowest BCUT2D eigenvalue weighted by molar-refractivity contribution is -0.122. The number of pyridine rings is 1. The molecule has 41 heavy (non-hydrogen) atoms. The second-order valence-electron chi connectivity index (χ2n) is 9.90. The minimum absolute atomic E-state index is 0.0191. The number of aromatic amines is 1. The number of hydrogen-bond donors (Lipinski definition) is 4. The molecule has 9 heteroatoms. The molecular formula is C32H34N6O3. The molecule has 0 saturated heterocycles. The van der Waals surface area contributed by atoms with Gasteiger partial charge in [-0.25, -0.2) is 9.97 Å². The lowest BCUT2D eigenvalue weighted by Crippen LogP contribution is -2.33. The van der Waals surface area contributed by atoms with Crippen molar-refractivity contribution in [3.63, 3.8) is 0 Å². The molecule has 2 heterocycles. The third-order valence-corrected chi connectivity index (χ3v) is 6.53. The summed E-state index contributed by atoms with van der Waals surface area (Å²) in [5, 5.41) is 8.30. The number of carbonyl (C=O) groups excluding carboxylic acids is 1. The number of benzene rings is 3. The zero-order valence-electron chi connectivity index (χ0n) is 23.3. The highest BCUT2D eigenvalue weighted by Crippen LogP contribution is 2.33. The number of carbonyl (C=O) groups is 1. The smallest absolute Gasteiger partial charge is 0.247 e. The molecule has 210 valence electrons. The summed E-state index contributed by atoms with van der Waals surface area (Å²) in [4.78, 5) is 25.2. The average molecular weight is 551 g/mol. The molecule has 1 amide bonds. The van der Waals surface area contributed by atoms with E-state index in [-0.39, 0.29) is 12.0 Å². The van der Waals surface area contributed by atoms with E-state index in [1.807, 2.05) is 87.5 Å². The highest BCUT2D eigenvalue weighted by molar-refractivity contribution is 5.94. The van der Waals surface area contributed by atoms with Crippen LogP contribution < -0.4 is 25.8 Å². The first kappa shape index (κ1) is 27.5. The van der Waals surface area contributed by atoms with E-state index in [1.165, 1.54) is 0 Å². The number of aromatic nitrogens is 3. The van der Waals surface area contributed by atoms with Gasteiger partial charge in [-0.3, -0.25) is 4.79 Å². The fourth-order valence-electron chi connectivity index (χ4n) is 4.64. The van der Waals surface area contributed by atoms with Gasteiger partial charge in [0.05, 0.1) is 30.9 Å². The largest absolute Gasteiger partial charge is 0.490 e. The summed E-state index contributed by atoms with van der Waals surface area (Å²) in [6.07, 6.45) is 5.07. The molecule has 9 nitrogen and oxygen atoms in total. The number of nitrogens with zero attached hydrogens (tertiary/aromatic N) is 2. The number of H-pyrrole nitrogens is 1. The summed E-state index contributed by atoms with van der Waals surface area (Å²) in [6, 6.07) is 20.5. The Kier molecular flexibility index (Phi) is 8.34. The van der Waals surface area contributed by atoms with Crippen molar-refractivity contribution in [3.05, 3.63) is 96.6 Å². The van der Waals surface area contributed by atoms with Gasteiger partial charge in [0.1, 0.15) is 11.9 Å². The van der Waals surface area contributed by atoms with Crippen LogP contribution in [0.1, 0.15) is 37.9 Å². The minimum Gasteiger partial charge on any atom is -0.490 e. The van der Waals surface area contributed by atoms with Gasteiger partial charge in [0.15, 0.2) is 11.5 Å². The standard InChI is InChI=1S/C32H34N6O3/c1-4-40-29-16-24(8-11-28(29)41-20(2)3)30(38-25-9-10-26-22(15-25)12-13-35-31(26)33)32(39)36-17-21-6-5-7-23(14-21)27-18-34-19-37-27/h5-16,18-20,30,38H,4,17H2,1-3H3,(H2,33,35)(H,34,37)(H,36,39). The van der Waals surface area contributed by atoms with Crippen LogP contribution in [0.2, 0.25) is 0 Å². The van der Waals surface area contributed by atoms with Crippen LogP contribution in [0.5, 0.6) is 11.5 Å². The summed E-state index contributed by atoms with van der Waals surface area (Å²) in [5.74, 6) is 1.49. The first-order chi connectivity index (χ1) is 19.9. The SMILES string of the molecule is CCOc1cc(C(Nc2ccc3c(N)nccc3c2)C(=O)NCc2cccc(-c3cnc[nH]3)c2)ccc1OC(C)C. The molecule has 1 atom stereocenters. The van der Waals surface area contributed by atoms with Crippen LogP contribution in [-0.4, -0.2) is 33.6 Å². The van der Waals surface area contributed by atoms with Crippen LogP contribution in [0.4, 0.5) is 11.5 Å². The van der Waals surface area contributed by atoms with Gasteiger partial charge < -0.3 is 30.8 Å². The number of ether oxygens (including phenoxy) is 2. The maximum absolute atomic E-state index is 13.8. The first-order valence-corrected chi connectivity index (χ1v) is 13.6. The van der Waals surface area contributed by atoms with E-state index in [4.69, 9.17) is 15.2 Å². The van der Waals surface area contributed by atoms with Gasteiger partial charge in [0.2, 0.25) is 5.91 Å². The van der Waals surface area contributed by atoms with Gasteiger partial charge in [-0.15, -0.1) is 0 Å². The Hall–Kier alpha value is -5.05. The summed E-state index contributed by atoms with van der Waals surface area (Å²) >= 11 is 0. The first-order valence-electron chi connectivity index (χ1n) is 13.6. The maximum atomic E-state index is 13.8. The van der Waals surface area contributed by atoms with E-state index in [0.29, 0.717) is 30.5 Å². The van der Waals surface area contributed by atoms with Crippen molar-refractivity contribution >= 4 is 28.2 Å². The van der Waals surface area contributed by atoms with E-state index in [9.17, 15) is 4.79 Å². The Balaban J connectivity index is 1.44. The predicted molar refractivity (Wildman–Crippen MR) is 162 cm³/mol. The molecule has 0 aliphatic carbocycles. The molecule has 5 rings (SSSR count). The zero-order valence-corrected chi connectivity index (χ0v) is 23.3. The normalized spacial score (nSPS) is 11.8. The third kappa shape index (κ3) is 6.58. The Morgan fingerprint density at radius 1 is 1.05 bits per heavy atom. The quantitative estimate of drug-likeness (QED) is 0.162. The molecule has 5 aromatic rings. The lowest BCUT2D eigenvalue weighted by Gasteiger charge is -2.22. The Morgan fingerprint density at radius 3 is 2.71 bits per heavy atom. The van der Waals surface area contributed by atoms with Gasteiger partial charge in [-0.2, -0.15) is 0 Å². The monoisotopic (exact) mass is 550 g/mol. The van der Waals surface area contributed by atoms with E-state index < -0.39 is 6.04 Å². The van der Waals surface area contributed by atoms with Gasteiger partial charge in [-0.05, 0) is 85.3 Å². The number of rotatable bonds is 11. The van der Waals surface area contributed by atoms with E-state index in [2.05, 4.69) is 25.6 Å². The van der Waals surface area contributed by atoms with Crippen LogP contribution in [0.15, 0.2) is 85.5 Å². The highest BCUT2D eigenvalue weighted by atomic mass is 16.5. The van der Waals surface area contributed by atoms with Crippen molar-refractivity contribution < 1.29 is 14.3 Å². The molecule has 3 aromatic carbocycles. The fraction of sp³-hybridized carbons (Fsp3) is 0.219. The van der Waals surface area contributed by atoms with Crippen molar-refractivity contribution in [2.24, 2.45) is 0 Å². The number of imidazole rings is 1. The summed E-state index contributed by atoms with van der Waals surface area (Å²) < 4.78 is 11.8. The summed E-state index contributed by atoms with van der Waals surface area (Å²) in [7, 11) is 0. The second-order valence-corrected chi connectivity index (χ2v) is 9.90. The Morgan fingerprint density at radius 2 is 1.93 bits per heavy atom. The fourth-order valence-corrected chi connectivity index (χ4v) is 4.64. The number of hydrogen-bond acceptors (Lipinski definition) is 7. The third-order valence-electron chi connectivity index (χ3n) is 6.53. The number of anilines is 2. The van der Waals surface area contributed by atoms with Crippen LogP contribution >= 0.6 is 0 Å². The van der Waals surface area contributed by atoms with E-state index in [1.54, 1.807) is 18.7 Å². The van der Waals surface area contributed by atoms with Crippen molar-refractivity contribution in [1.29, 1.82) is 0 Å². The molecule has 0 bridgehead atoms. The van der Waals surface area contributed by atoms with Crippen LogP contribution in [0.25, 0.3) is 22.0 Å². The predicted octanol–water partition coefficient (Wildman–Crippen LogP) is 5.86. The molecule has 0 spiro atoms. The number of nitrogens with one attached hydrogen (secondary N) is 3. The lowest BCUT2D eigenvalue weighted by atomic mass is 10.0. The summed E-state index contributed by atoms with van der Waals surface area (Å²) in [5.41, 5.74) is 10.4. The minimum atomic E-state index is -0.713. The van der Waals surface area contributed by atoms with Crippen molar-refractivity contribution in [3.8, 4) is 22.8 Å². The average Bonchev–Trinajstić information content (AvgIpc) is 3.51. The second kappa shape index (κ2) is 12.4. The molecule has 2 aromatic heterocycles. The molecule has 0 radical (unpaired) electrons. The molecule has 0 aliphatic heterocycles. The molecular weight excluding hydrogens is 516 g/mol. The van der Waals surface area contributed by atoms with Crippen LogP contribution in [0, 0.1) is 0 Å². The van der Waals surface area contributed by atoms with Crippen LogP contribution in [0.3, 0.4) is 0 Å². The van der Waals surface area contributed by atoms with Gasteiger partial charge >= 0.3 is 0 Å². The van der Waals surface area contributed by atoms with E-state index >= 15 is 0 Å². The van der Waals surface area contributed by atoms with Gasteiger partial charge in [0, 0.05) is 23.8 Å². The molecule has 1 unspecified atom stereocenters. The number of nitrogens with two attached hydrogens (primary N) is 1. The summed E-state index contributed by atoms with van der Waals surface area (Å²) in [6.45, 7) is 6.66. The number of fused-ring (bicyclic) bond motifs is 1. The maximum Gasteiger partial charge on any atom is 0.247 e. The van der Waals surface area contributed by atoms with Crippen LogP contribution in [-0.2, 0) is 11.3 Å². The number of amides is 1.